The largest absolute Gasteiger partial charge is 0.399 e. The van der Waals surface area contributed by atoms with E-state index in [-0.39, 0.29) is 18.0 Å². The van der Waals surface area contributed by atoms with Crippen LogP contribution in [0.4, 0.5) is 11.4 Å². The summed E-state index contributed by atoms with van der Waals surface area (Å²) >= 11 is 0. The van der Waals surface area contributed by atoms with E-state index in [1.807, 2.05) is 24.3 Å². The maximum atomic E-state index is 11.7. The molecule has 5 nitrogen and oxygen atoms in total. The van der Waals surface area contributed by atoms with E-state index in [1.54, 1.807) is 0 Å². The molecule has 0 saturated heterocycles. The van der Waals surface area contributed by atoms with Crippen molar-refractivity contribution in [3.05, 3.63) is 40.2 Å². The van der Waals surface area contributed by atoms with Crippen molar-refractivity contribution in [2.24, 2.45) is 0 Å². The quantitative estimate of drug-likeness (QED) is 0.695. The van der Waals surface area contributed by atoms with Gasteiger partial charge in [-0.05, 0) is 25.0 Å². The molecule has 2 heterocycles. The second-order valence-electron chi connectivity index (χ2n) is 4.41. The molecule has 0 aliphatic carbocycles. The second kappa shape index (κ2) is 5.32. The van der Waals surface area contributed by atoms with Gasteiger partial charge in [-0.1, -0.05) is 12.1 Å². The molecule has 0 saturated carbocycles. The fourth-order valence-electron chi connectivity index (χ4n) is 2.29. The third kappa shape index (κ3) is 2.42. The first-order valence-corrected chi connectivity index (χ1v) is 5.97. The normalized spacial score (nSPS) is 13.1. The number of nitrogens with one attached hydrogen (secondary N) is 2. The average molecular weight is 279 g/mol. The fraction of sp³-hybridized carbons (Fsp3) is 0.231. The van der Waals surface area contributed by atoms with E-state index < -0.39 is 0 Å². The van der Waals surface area contributed by atoms with Crippen molar-refractivity contribution >= 4 is 23.8 Å². The Balaban J connectivity index is 0.00000133. The summed E-state index contributed by atoms with van der Waals surface area (Å²) in [6.45, 7) is 0.869. The summed E-state index contributed by atoms with van der Waals surface area (Å²) in [4.78, 5) is 11.7. The van der Waals surface area contributed by atoms with Gasteiger partial charge in [-0.3, -0.25) is 4.79 Å². The Morgan fingerprint density at radius 1 is 1.32 bits per heavy atom. The third-order valence-electron chi connectivity index (χ3n) is 3.15. The van der Waals surface area contributed by atoms with Crippen LogP contribution in [0.3, 0.4) is 0 Å². The van der Waals surface area contributed by atoms with Gasteiger partial charge in [0, 0.05) is 23.4 Å². The summed E-state index contributed by atoms with van der Waals surface area (Å²) < 4.78 is 0. The summed E-state index contributed by atoms with van der Waals surface area (Å²) in [5.41, 5.74) is 9.66. The molecule has 0 fully saturated rings. The van der Waals surface area contributed by atoms with Crippen molar-refractivity contribution < 1.29 is 0 Å². The van der Waals surface area contributed by atoms with Crippen LogP contribution in [0.5, 0.6) is 0 Å². The zero-order chi connectivity index (χ0) is 12.5. The molecule has 1 aromatic carbocycles. The van der Waals surface area contributed by atoms with Gasteiger partial charge in [0.1, 0.15) is 5.69 Å². The number of H-pyrrole nitrogens is 1. The van der Waals surface area contributed by atoms with Crippen LogP contribution in [0.2, 0.25) is 0 Å². The standard InChI is InChI=1S/C13H14N4O.ClH/c14-9-4-1-3-8(7-9)11-12-10(5-2-6-15-12)13(18)17-16-11;/h1,3-4,7,15H,2,5-6,14H2,(H,17,18);1H. The van der Waals surface area contributed by atoms with Crippen LogP contribution in [0.15, 0.2) is 29.1 Å². The Bertz CT molecular complexity index is 653. The summed E-state index contributed by atoms with van der Waals surface area (Å²) in [6.07, 6.45) is 1.76. The van der Waals surface area contributed by atoms with Crippen LogP contribution < -0.4 is 16.6 Å². The minimum absolute atomic E-state index is 0. The molecule has 0 bridgehead atoms. The van der Waals surface area contributed by atoms with Gasteiger partial charge in [-0.25, -0.2) is 5.10 Å². The average Bonchev–Trinajstić information content (AvgIpc) is 2.39. The first-order chi connectivity index (χ1) is 8.75. The highest BCUT2D eigenvalue weighted by molar-refractivity contribution is 5.85. The number of fused-ring (bicyclic) bond motifs is 1. The Hall–Kier alpha value is -2.01. The molecule has 0 unspecified atom stereocenters. The number of nitrogens with two attached hydrogens (primary N) is 1. The lowest BCUT2D eigenvalue weighted by Crippen LogP contribution is -2.24. The van der Waals surface area contributed by atoms with E-state index in [1.165, 1.54) is 0 Å². The topological polar surface area (TPSA) is 83.8 Å². The highest BCUT2D eigenvalue weighted by atomic mass is 35.5. The number of hydrogen-bond acceptors (Lipinski definition) is 4. The number of nitrogens with zero attached hydrogens (tertiary/aromatic N) is 1. The zero-order valence-corrected chi connectivity index (χ0v) is 11.1. The number of halogens is 1. The molecule has 19 heavy (non-hydrogen) atoms. The highest BCUT2D eigenvalue weighted by Crippen LogP contribution is 2.30. The zero-order valence-electron chi connectivity index (χ0n) is 10.3. The van der Waals surface area contributed by atoms with Crippen molar-refractivity contribution in [3.63, 3.8) is 0 Å². The molecule has 2 aromatic rings. The number of anilines is 2. The maximum absolute atomic E-state index is 11.7. The summed E-state index contributed by atoms with van der Waals surface area (Å²) in [5, 5.41) is 9.97. The van der Waals surface area contributed by atoms with Crippen molar-refractivity contribution in [2.45, 2.75) is 12.8 Å². The molecule has 0 atom stereocenters. The molecule has 0 amide bonds. The van der Waals surface area contributed by atoms with E-state index in [0.717, 1.165) is 41.9 Å². The number of rotatable bonds is 1. The van der Waals surface area contributed by atoms with E-state index in [4.69, 9.17) is 5.73 Å². The first-order valence-electron chi connectivity index (χ1n) is 5.97. The molecule has 1 aliphatic rings. The van der Waals surface area contributed by atoms with Crippen LogP contribution in [0.25, 0.3) is 11.3 Å². The number of benzene rings is 1. The van der Waals surface area contributed by atoms with Gasteiger partial charge in [0.05, 0.1) is 5.69 Å². The number of aromatic nitrogens is 2. The van der Waals surface area contributed by atoms with Gasteiger partial charge < -0.3 is 11.1 Å². The minimum Gasteiger partial charge on any atom is -0.399 e. The maximum Gasteiger partial charge on any atom is 0.269 e. The molecule has 0 radical (unpaired) electrons. The van der Waals surface area contributed by atoms with Gasteiger partial charge in [-0.15, -0.1) is 12.4 Å². The number of aromatic amines is 1. The van der Waals surface area contributed by atoms with Crippen LogP contribution in [0.1, 0.15) is 12.0 Å². The van der Waals surface area contributed by atoms with E-state index in [9.17, 15) is 4.79 Å². The SMILES string of the molecule is Cl.Nc1cccc(-c2n[nH]c(=O)c3c2NCCC3)c1. The Morgan fingerprint density at radius 3 is 2.95 bits per heavy atom. The van der Waals surface area contributed by atoms with Crippen LogP contribution in [-0.4, -0.2) is 16.7 Å². The first kappa shape index (κ1) is 13.4. The fourth-order valence-corrected chi connectivity index (χ4v) is 2.29. The molecule has 3 rings (SSSR count). The summed E-state index contributed by atoms with van der Waals surface area (Å²) in [5.74, 6) is 0. The Labute approximate surface area is 116 Å². The lowest BCUT2D eigenvalue weighted by molar-refractivity contribution is 0.799. The molecular weight excluding hydrogens is 264 g/mol. The molecule has 0 spiro atoms. The van der Waals surface area contributed by atoms with Crippen LogP contribution in [-0.2, 0) is 6.42 Å². The van der Waals surface area contributed by atoms with E-state index >= 15 is 0 Å². The van der Waals surface area contributed by atoms with Gasteiger partial charge >= 0.3 is 0 Å². The van der Waals surface area contributed by atoms with Gasteiger partial charge in [0.15, 0.2) is 0 Å². The van der Waals surface area contributed by atoms with Gasteiger partial charge in [0.25, 0.3) is 5.56 Å². The number of hydrogen-bond donors (Lipinski definition) is 3. The van der Waals surface area contributed by atoms with E-state index in [0.29, 0.717) is 5.69 Å². The lowest BCUT2D eigenvalue weighted by atomic mass is 10.0. The van der Waals surface area contributed by atoms with Crippen LogP contribution in [0, 0.1) is 0 Å². The summed E-state index contributed by atoms with van der Waals surface area (Å²) in [7, 11) is 0. The van der Waals surface area contributed by atoms with Crippen molar-refractivity contribution in [2.75, 3.05) is 17.6 Å². The molecular formula is C13H15ClN4O. The summed E-state index contributed by atoms with van der Waals surface area (Å²) in [6, 6.07) is 7.51. The predicted molar refractivity (Wildman–Crippen MR) is 78.8 cm³/mol. The molecule has 4 N–H and O–H groups in total. The molecule has 1 aromatic heterocycles. The van der Waals surface area contributed by atoms with Crippen LogP contribution >= 0.6 is 12.4 Å². The monoisotopic (exact) mass is 278 g/mol. The van der Waals surface area contributed by atoms with Crippen molar-refractivity contribution in [3.8, 4) is 11.3 Å². The molecule has 1 aliphatic heterocycles. The predicted octanol–water partition coefficient (Wildman–Crippen LogP) is 1.80. The molecule has 100 valence electrons. The smallest absolute Gasteiger partial charge is 0.269 e. The Morgan fingerprint density at radius 2 is 2.16 bits per heavy atom. The minimum atomic E-state index is -0.107. The lowest BCUT2D eigenvalue weighted by Gasteiger charge is -2.19. The van der Waals surface area contributed by atoms with Crippen molar-refractivity contribution in [1.82, 2.24) is 10.2 Å². The highest BCUT2D eigenvalue weighted by Gasteiger charge is 2.18. The second-order valence-corrected chi connectivity index (χ2v) is 4.41. The van der Waals surface area contributed by atoms with Gasteiger partial charge in [0.2, 0.25) is 0 Å². The number of nitrogen functional groups attached to an aromatic ring is 1. The van der Waals surface area contributed by atoms with Crippen molar-refractivity contribution in [1.29, 1.82) is 0 Å². The van der Waals surface area contributed by atoms with Gasteiger partial charge in [-0.2, -0.15) is 5.10 Å². The van der Waals surface area contributed by atoms with E-state index in [2.05, 4.69) is 15.5 Å². The molecule has 6 heteroatoms. The Kier molecular flexibility index (Phi) is 3.76. The third-order valence-corrected chi connectivity index (χ3v) is 3.15.